The summed E-state index contributed by atoms with van der Waals surface area (Å²) in [6.07, 6.45) is 3.61. The molecule has 2 N–H and O–H groups in total. The van der Waals surface area contributed by atoms with Crippen molar-refractivity contribution in [3.05, 3.63) is 0 Å². The summed E-state index contributed by atoms with van der Waals surface area (Å²) in [5.74, 6) is -0.405. The number of hydrogen-bond donors (Lipinski definition) is 2. The molecule has 2 aliphatic rings. The third-order valence-electron chi connectivity index (χ3n) is 4.62. The van der Waals surface area contributed by atoms with E-state index in [9.17, 15) is 14.7 Å². The number of aliphatic carboxylic acids is 1. The van der Waals surface area contributed by atoms with Crippen LogP contribution in [0.5, 0.6) is 0 Å². The molecule has 2 amide bonds. The van der Waals surface area contributed by atoms with E-state index in [4.69, 9.17) is 4.74 Å². The van der Waals surface area contributed by atoms with Gasteiger partial charge in [-0.05, 0) is 37.0 Å². The Hall–Kier alpha value is -1.30. The lowest BCUT2D eigenvalue weighted by molar-refractivity contribution is -0.148. The van der Waals surface area contributed by atoms with Gasteiger partial charge in [0.2, 0.25) is 0 Å². The van der Waals surface area contributed by atoms with Crippen LogP contribution in [-0.2, 0) is 9.53 Å². The second-order valence-electron chi connectivity index (χ2n) is 6.78. The molecule has 0 bridgehead atoms. The fraction of sp³-hybridized carbons (Fsp3) is 0.867. The van der Waals surface area contributed by atoms with E-state index in [0.29, 0.717) is 19.0 Å². The van der Waals surface area contributed by atoms with Crippen molar-refractivity contribution in [3.63, 3.8) is 0 Å². The normalized spacial score (nSPS) is 28.4. The number of amides is 2. The molecule has 6 nitrogen and oxygen atoms in total. The Morgan fingerprint density at radius 2 is 2.19 bits per heavy atom. The van der Waals surface area contributed by atoms with Gasteiger partial charge in [0.25, 0.3) is 0 Å². The maximum atomic E-state index is 12.3. The lowest BCUT2D eigenvalue weighted by Gasteiger charge is -2.43. The molecule has 21 heavy (non-hydrogen) atoms. The zero-order chi connectivity index (χ0) is 15.5. The highest BCUT2D eigenvalue weighted by molar-refractivity contribution is 5.83. The summed E-state index contributed by atoms with van der Waals surface area (Å²) < 4.78 is 5.31. The van der Waals surface area contributed by atoms with Crippen LogP contribution in [0.1, 0.15) is 39.5 Å². The second kappa shape index (κ2) is 6.64. The highest BCUT2D eigenvalue weighted by atomic mass is 16.5. The van der Waals surface area contributed by atoms with Gasteiger partial charge in [-0.3, -0.25) is 0 Å². The zero-order valence-corrected chi connectivity index (χ0v) is 12.9. The SMILES string of the molecule is CC1(C)CCCN(C(=O)NCCC2CCOC2)C1C(=O)O. The van der Waals surface area contributed by atoms with Crippen molar-refractivity contribution in [2.45, 2.75) is 45.6 Å². The highest BCUT2D eigenvalue weighted by Gasteiger charge is 2.44. The van der Waals surface area contributed by atoms with Gasteiger partial charge in [0, 0.05) is 26.3 Å². The predicted octanol–water partition coefficient (Wildman–Crippen LogP) is 1.70. The summed E-state index contributed by atoms with van der Waals surface area (Å²) in [5.41, 5.74) is -0.388. The van der Waals surface area contributed by atoms with Crippen molar-refractivity contribution >= 4 is 12.0 Å². The van der Waals surface area contributed by atoms with E-state index in [2.05, 4.69) is 5.32 Å². The summed E-state index contributed by atoms with van der Waals surface area (Å²) in [4.78, 5) is 25.3. The van der Waals surface area contributed by atoms with Gasteiger partial charge in [0.05, 0.1) is 0 Å². The maximum absolute atomic E-state index is 12.3. The number of urea groups is 1. The molecule has 2 unspecified atom stereocenters. The lowest BCUT2D eigenvalue weighted by atomic mass is 9.76. The van der Waals surface area contributed by atoms with Crippen LogP contribution in [-0.4, -0.2) is 54.4 Å². The van der Waals surface area contributed by atoms with E-state index in [1.165, 1.54) is 4.90 Å². The molecule has 6 heteroatoms. The Kier molecular flexibility index (Phi) is 5.08. The van der Waals surface area contributed by atoms with Crippen molar-refractivity contribution in [2.75, 3.05) is 26.3 Å². The van der Waals surface area contributed by atoms with Crippen LogP contribution < -0.4 is 5.32 Å². The smallest absolute Gasteiger partial charge is 0.327 e. The molecule has 2 rings (SSSR count). The topological polar surface area (TPSA) is 78.9 Å². The van der Waals surface area contributed by atoms with E-state index >= 15 is 0 Å². The van der Waals surface area contributed by atoms with Gasteiger partial charge in [-0.25, -0.2) is 9.59 Å². The fourth-order valence-electron chi connectivity index (χ4n) is 3.37. The predicted molar refractivity (Wildman–Crippen MR) is 78.1 cm³/mol. The Morgan fingerprint density at radius 3 is 2.81 bits per heavy atom. The van der Waals surface area contributed by atoms with Gasteiger partial charge in [0.15, 0.2) is 0 Å². The van der Waals surface area contributed by atoms with E-state index in [0.717, 1.165) is 38.9 Å². The Balaban J connectivity index is 1.88. The number of piperidine rings is 1. The number of carbonyl (C=O) groups is 2. The van der Waals surface area contributed by atoms with Gasteiger partial charge in [-0.15, -0.1) is 0 Å². The Labute approximate surface area is 125 Å². The molecule has 0 aliphatic carbocycles. The molecule has 0 radical (unpaired) electrons. The van der Waals surface area contributed by atoms with Crippen molar-refractivity contribution in [1.29, 1.82) is 0 Å². The molecule has 0 aromatic carbocycles. The van der Waals surface area contributed by atoms with Crippen molar-refractivity contribution < 1.29 is 19.4 Å². The summed E-state index contributed by atoms with van der Waals surface area (Å²) in [5, 5.41) is 12.3. The minimum absolute atomic E-state index is 0.255. The number of likely N-dealkylation sites (tertiary alicyclic amines) is 1. The summed E-state index contributed by atoms with van der Waals surface area (Å²) in [7, 11) is 0. The van der Waals surface area contributed by atoms with Gasteiger partial charge in [-0.1, -0.05) is 13.8 Å². The highest BCUT2D eigenvalue weighted by Crippen LogP contribution is 2.35. The molecule has 2 aliphatic heterocycles. The number of carboxylic acids is 1. The third kappa shape index (κ3) is 3.87. The molecule has 0 aromatic rings. The molecule has 2 saturated heterocycles. The molecule has 120 valence electrons. The molecule has 0 spiro atoms. The number of carboxylic acid groups (broad SMARTS) is 1. The molecular formula is C15H26N2O4. The first-order valence-corrected chi connectivity index (χ1v) is 7.77. The summed E-state index contributed by atoms with van der Waals surface area (Å²) >= 11 is 0. The van der Waals surface area contributed by atoms with E-state index in [1.807, 2.05) is 13.8 Å². The second-order valence-corrected chi connectivity index (χ2v) is 6.78. The summed E-state index contributed by atoms with van der Waals surface area (Å²) in [6.45, 7) is 6.50. The minimum atomic E-state index is -0.918. The first-order valence-electron chi connectivity index (χ1n) is 7.77. The van der Waals surface area contributed by atoms with Gasteiger partial charge in [0.1, 0.15) is 6.04 Å². The Bertz CT molecular complexity index is 391. The van der Waals surface area contributed by atoms with Crippen LogP contribution >= 0.6 is 0 Å². The van der Waals surface area contributed by atoms with Gasteiger partial charge >= 0.3 is 12.0 Å². The van der Waals surface area contributed by atoms with E-state index in [-0.39, 0.29) is 11.4 Å². The quantitative estimate of drug-likeness (QED) is 0.828. The van der Waals surface area contributed by atoms with Crippen LogP contribution in [0.2, 0.25) is 0 Å². The zero-order valence-electron chi connectivity index (χ0n) is 12.9. The first kappa shape index (κ1) is 16.1. The van der Waals surface area contributed by atoms with Crippen molar-refractivity contribution in [1.82, 2.24) is 10.2 Å². The van der Waals surface area contributed by atoms with Crippen molar-refractivity contribution in [3.8, 4) is 0 Å². The first-order chi connectivity index (χ1) is 9.92. The number of nitrogens with one attached hydrogen (secondary N) is 1. The van der Waals surface area contributed by atoms with E-state index < -0.39 is 12.0 Å². The van der Waals surface area contributed by atoms with Crippen LogP contribution in [0.3, 0.4) is 0 Å². The minimum Gasteiger partial charge on any atom is -0.480 e. The number of ether oxygens (including phenoxy) is 1. The van der Waals surface area contributed by atoms with Gasteiger partial charge in [-0.2, -0.15) is 0 Å². The number of carbonyl (C=O) groups excluding carboxylic acids is 1. The standard InChI is InChI=1S/C15H26N2O4/c1-15(2)6-3-8-17(12(15)13(18)19)14(20)16-7-4-11-5-9-21-10-11/h11-12H,3-10H2,1-2H3,(H,16,20)(H,18,19). The molecule has 0 saturated carbocycles. The van der Waals surface area contributed by atoms with Crippen molar-refractivity contribution in [2.24, 2.45) is 11.3 Å². The number of nitrogens with zero attached hydrogens (tertiary/aromatic N) is 1. The molecular weight excluding hydrogens is 272 g/mol. The summed E-state index contributed by atoms with van der Waals surface area (Å²) in [6, 6.07) is -1.00. The average molecular weight is 298 g/mol. The third-order valence-corrected chi connectivity index (χ3v) is 4.62. The fourth-order valence-corrected chi connectivity index (χ4v) is 3.37. The maximum Gasteiger partial charge on any atom is 0.327 e. The van der Waals surface area contributed by atoms with E-state index in [1.54, 1.807) is 0 Å². The average Bonchev–Trinajstić information content (AvgIpc) is 2.89. The largest absolute Gasteiger partial charge is 0.480 e. The molecule has 0 aromatic heterocycles. The van der Waals surface area contributed by atoms with Crippen LogP contribution in [0, 0.1) is 11.3 Å². The molecule has 2 fully saturated rings. The van der Waals surface area contributed by atoms with Gasteiger partial charge < -0.3 is 20.1 Å². The molecule has 2 heterocycles. The van der Waals surface area contributed by atoms with Crippen LogP contribution in [0.4, 0.5) is 4.79 Å². The Morgan fingerprint density at radius 1 is 1.43 bits per heavy atom. The van der Waals surface area contributed by atoms with Crippen LogP contribution in [0.25, 0.3) is 0 Å². The lowest BCUT2D eigenvalue weighted by Crippen LogP contribution is -2.58. The monoisotopic (exact) mass is 298 g/mol. The number of hydrogen-bond acceptors (Lipinski definition) is 3. The number of rotatable bonds is 4. The molecule has 2 atom stereocenters. The van der Waals surface area contributed by atoms with Crippen LogP contribution in [0.15, 0.2) is 0 Å².